The monoisotopic (exact) mass is 252 g/mol. The molecule has 0 radical (unpaired) electrons. The van der Waals surface area contributed by atoms with Crippen molar-refractivity contribution >= 4 is 11.8 Å². The predicted octanol–water partition coefficient (Wildman–Crippen LogP) is 1.55. The van der Waals surface area contributed by atoms with Gasteiger partial charge >= 0.3 is 0 Å². The van der Waals surface area contributed by atoms with Gasteiger partial charge in [0.15, 0.2) is 0 Å². The topological polar surface area (TPSA) is 49.4 Å². The van der Waals surface area contributed by atoms with Crippen LogP contribution >= 0.6 is 0 Å². The van der Waals surface area contributed by atoms with Crippen LogP contribution in [0, 0.1) is 11.8 Å². The van der Waals surface area contributed by atoms with E-state index in [9.17, 15) is 9.59 Å². The minimum atomic E-state index is -0.310. The van der Waals surface area contributed by atoms with Gasteiger partial charge in [-0.25, -0.2) is 0 Å². The highest BCUT2D eigenvalue weighted by Crippen LogP contribution is 2.33. The molecule has 4 heteroatoms. The van der Waals surface area contributed by atoms with E-state index in [2.05, 4.69) is 19.2 Å². The molecule has 1 saturated carbocycles. The highest BCUT2D eigenvalue weighted by atomic mass is 16.2. The summed E-state index contributed by atoms with van der Waals surface area (Å²) in [5.41, 5.74) is 0. The summed E-state index contributed by atoms with van der Waals surface area (Å²) in [6, 6.07) is -0.0583. The van der Waals surface area contributed by atoms with Crippen molar-refractivity contribution in [3.63, 3.8) is 0 Å². The second kappa shape index (κ2) is 5.29. The lowest BCUT2D eigenvalue weighted by atomic mass is 9.77. The molecule has 2 rings (SSSR count). The third-order valence-electron chi connectivity index (χ3n) is 4.70. The fourth-order valence-corrected chi connectivity index (χ4v) is 3.29. The van der Waals surface area contributed by atoms with Crippen LogP contribution in [0.15, 0.2) is 0 Å². The summed E-state index contributed by atoms with van der Waals surface area (Å²) >= 11 is 0. The summed E-state index contributed by atoms with van der Waals surface area (Å²) in [4.78, 5) is 25.9. The molecule has 4 atom stereocenters. The molecular formula is C14H24N2O2. The van der Waals surface area contributed by atoms with Crippen molar-refractivity contribution in [3.05, 3.63) is 0 Å². The minimum absolute atomic E-state index is 0.00752. The summed E-state index contributed by atoms with van der Waals surface area (Å²) in [7, 11) is 0. The third-order valence-corrected chi connectivity index (χ3v) is 4.70. The van der Waals surface area contributed by atoms with Crippen LogP contribution in [-0.4, -0.2) is 35.3 Å². The lowest BCUT2D eigenvalue weighted by Crippen LogP contribution is -2.62. The normalized spacial score (nSPS) is 37.6. The van der Waals surface area contributed by atoms with Crippen molar-refractivity contribution in [2.24, 2.45) is 11.8 Å². The average Bonchev–Trinajstić information content (AvgIpc) is 2.35. The van der Waals surface area contributed by atoms with Crippen LogP contribution in [0.5, 0.6) is 0 Å². The zero-order chi connectivity index (χ0) is 13.3. The first-order valence-corrected chi connectivity index (χ1v) is 7.14. The van der Waals surface area contributed by atoms with Crippen LogP contribution < -0.4 is 5.32 Å². The molecule has 102 valence electrons. The highest BCUT2D eigenvalue weighted by Gasteiger charge is 2.39. The third kappa shape index (κ3) is 2.38. The van der Waals surface area contributed by atoms with E-state index >= 15 is 0 Å². The molecule has 1 N–H and O–H groups in total. The van der Waals surface area contributed by atoms with Crippen molar-refractivity contribution in [1.29, 1.82) is 0 Å². The van der Waals surface area contributed by atoms with Gasteiger partial charge in [0.25, 0.3) is 0 Å². The molecule has 0 aromatic carbocycles. The molecule has 0 spiro atoms. The maximum absolute atomic E-state index is 12.4. The SMILES string of the molecule is CCC1NC(=O)CN(C2CCCC(C)C2C)C1=O. The number of nitrogens with one attached hydrogen (secondary N) is 1. The summed E-state index contributed by atoms with van der Waals surface area (Å²) in [5, 5.41) is 2.78. The van der Waals surface area contributed by atoms with Gasteiger partial charge in [-0.3, -0.25) is 9.59 Å². The van der Waals surface area contributed by atoms with E-state index in [0.29, 0.717) is 18.3 Å². The van der Waals surface area contributed by atoms with Crippen LogP contribution in [0.3, 0.4) is 0 Å². The van der Waals surface area contributed by atoms with Crippen molar-refractivity contribution in [3.8, 4) is 0 Å². The fraction of sp³-hybridized carbons (Fsp3) is 0.857. The van der Waals surface area contributed by atoms with E-state index in [4.69, 9.17) is 0 Å². The molecular weight excluding hydrogens is 228 g/mol. The Kier molecular flexibility index (Phi) is 3.93. The van der Waals surface area contributed by atoms with E-state index < -0.39 is 0 Å². The van der Waals surface area contributed by atoms with Crippen LogP contribution in [0.25, 0.3) is 0 Å². The second-order valence-electron chi connectivity index (χ2n) is 5.83. The van der Waals surface area contributed by atoms with E-state index in [1.807, 2.05) is 11.8 Å². The summed E-state index contributed by atoms with van der Waals surface area (Å²) in [5.74, 6) is 1.24. The van der Waals surface area contributed by atoms with Crippen molar-refractivity contribution in [2.45, 2.75) is 58.5 Å². The molecule has 4 unspecified atom stereocenters. The van der Waals surface area contributed by atoms with Crippen LogP contribution in [0.1, 0.15) is 46.5 Å². The molecule has 1 saturated heterocycles. The number of rotatable bonds is 2. The number of nitrogens with zero attached hydrogens (tertiary/aromatic N) is 1. The number of amides is 2. The van der Waals surface area contributed by atoms with Gasteiger partial charge in [0, 0.05) is 6.04 Å². The molecule has 2 fully saturated rings. The van der Waals surface area contributed by atoms with Gasteiger partial charge in [0.2, 0.25) is 11.8 Å². The summed E-state index contributed by atoms with van der Waals surface area (Å²) in [6.07, 6.45) is 4.13. The first-order chi connectivity index (χ1) is 8.54. The average molecular weight is 252 g/mol. The number of hydrogen-bond donors (Lipinski definition) is 1. The highest BCUT2D eigenvalue weighted by molar-refractivity contribution is 5.95. The van der Waals surface area contributed by atoms with Crippen LogP contribution in [0.4, 0.5) is 0 Å². The van der Waals surface area contributed by atoms with Crippen LogP contribution in [-0.2, 0) is 9.59 Å². The van der Waals surface area contributed by atoms with Gasteiger partial charge in [0.05, 0.1) is 6.54 Å². The predicted molar refractivity (Wildman–Crippen MR) is 69.9 cm³/mol. The standard InChI is InChI=1S/C14H24N2O2/c1-4-11-14(18)16(8-13(17)15-11)12-7-5-6-9(2)10(12)3/h9-12H,4-8H2,1-3H3,(H,15,17). The molecule has 1 aliphatic heterocycles. The summed E-state index contributed by atoms with van der Waals surface area (Å²) in [6.45, 7) is 6.66. The molecule has 1 aliphatic carbocycles. The zero-order valence-corrected chi connectivity index (χ0v) is 11.6. The van der Waals surface area contributed by atoms with E-state index in [-0.39, 0.29) is 30.4 Å². The van der Waals surface area contributed by atoms with Gasteiger partial charge in [-0.2, -0.15) is 0 Å². The maximum Gasteiger partial charge on any atom is 0.245 e. The number of carbonyl (C=O) groups excluding carboxylic acids is 2. The van der Waals surface area contributed by atoms with Crippen LogP contribution in [0.2, 0.25) is 0 Å². The number of carbonyl (C=O) groups is 2. The van der Waals surface area contributed by atoms with Gasteiger partial charge < -0.3 is 10.2 Å². The van der Waals surface area contributed by atoms with E-state index in [0.717, 1.165) is 6.42 Å². The first kappa shape index (κ1) is 13.4. The Morgan fingerprint density at radius 3 is 2.67 bits per heavy atom. The van der Waals surface area contributed by atoms with Gasteiger partial charge in [-0.05, 0) is 24.7 Å². The molecule has 0 bridgehead atoms. The second-order valence-corrected chi connectivity index (χ2v) is 5.83. The Labute approximate surface area is 109 Å². The van der Waals surface area contributed by atoms with Crippen molar-refractivity contribution in [1.82, 2.24) is 10.2 Å². The molecule has 2 aliphatic rings. The van der Waals surface area contributed by atoms with Gasteiger partial charge in [0.1, 0.15) is 6.04 Å². The minimum Gasteiger partial charge on any atom is -0.343 e. The Bertz CT molecular complexity index is 343. The lowest BCUT2D eigenvalue weighted by Gasteiger charge is -2.44. The van der Waals surface area contributed by atoms with Crippen molar-refractivity contribution in [2.75, 3.05) is 6.54 Å². The Morgan fingerprint density at radius 2 is 2.00 bits per heavy atom. The molecule has 4 nitrogen and oxygen atoms in total. The largest absolute Gasteiger partial charge is 0.343 e. The Hall–Kier alpha value is -1.06. The van der Waals surface area contributed by atoms with Crippen molar-refractivity contribution < 1.29 is 9.59 Å². The van der Waals surface area contributed by atoms with E-state index in [1.165, 1.54) is 12.8 Å². The molecule has 18 heavy (non-hydrogen) atoms. The molecule has 0 aromatic rings. The molecule has 0 aromatic heterocycles. The molecule has 2 amide bonds. The molecule has 1 heterocycles. The fourth-order valence-electron chi connectivity index (χ4n) is 3.29. The zero-order valence-electron chi connectivity index (χ0n) is 11.6. The first-order valence-electron chi connectivity index (χ1n) is 7.14. The lowest BCUT2D eigenvalue weighted by molar-refractivity contribution is -0.149. The quantitative estimate of drug-likeness (QED) is 0.810. The Balaban J connectivity index is 2.15. The maximum atomic E-state index is 12.4. The van der Waals surface area contributed by atoms with Gasteiger partial charge in [-0.1, -0.05) is 33.6 Å². The number of hydrogen-bond acceptors (Lipinski definition) is 2. The number of piperazine rings is 1. The Morgan fingerprint density at radius 1 is 1.28 bits per heavy atom. The van der Waals surface area contributed by atoms with Gasteiger partial charge in [-0.15, -0.1) is 0 Å². The smallest absolute Gasteiger partial charge is 0.245 e. The van der Waals surface area contributed by atoms with E-state index in [1.54, 1.807) is 0 Å². The summed E-state index contributed by atoms with van der Waals surface area (Å²) < 4.78 is 0.